The number of benzene rings is 1. The summed E-state index contributed by atoms with van der Waals surface area (Å²) in [6.45, 7) is 7.95. The molecule has 0 spiro atoms. The molecular formula is C15H19BrN4O. The molecule has 112 valence electrons. The second-order valence-electron chi connectivity index (χ2n) is 5.31. The third kappa shape index (κ3) is 3.26. The molecule has 0 fully saturated rings. The standard InChI is InChI=1S/C15H19BrN4O/c1-8(2)20-10(4)14(9(3)19-20)18-15(21)11-5-12(16)7-13(17)6-11/h5-8H,17H2,1-4H3,(H,18,21). The van der Waals surface area contributed by atoms with Crippen LogP contribution in [0.1, 0.15) is 41.6 Å². The number of anilines is 2. The number of nitrogens with zero attached hydrogens (tertiary/aromatic N) is 2. The van der Waals surface area contributed by atoms with Crippen molar-refractivity contribution in [2.75, 3.05) is 11.1 Å². The van der Waals surface area contributed by atoms with E-state index in [-0.39, 0.29) is 11.9 Å². The van der Waals surface area contributed by atoms with Crippen molar-refractivity contribution in [1.82, 2.24) is 9.78 Å². The van der Waals surface area contributed by atoms with E-state index in [4.69, 9.17) is 5.73 Å². The minimum atomic E-state index is -0.197. The average molecular weight is 351 g/mol. The molecule has 0 saturated heterocycles. The number of carbonyl (C=O) groups is 1. The van der Waals surface area contributed by atoms with Gasteiger partial charge in [-0.2, -0.15) is 5.10 Å². The molecule has 0 atom stereocenters. The molecule has 1 aromatic carbocycles. The summed E-state index contributed by atoms with van der Waals surface area (Å²) in [6.07, 6.45) is 0. The Balaban J connectivity index is 2.32. The maximum atomic E-state index is 12.4. The maximum absolute atomic E-state index is 12.4. The molecule has 2 aromatic rings. The van der Waals surface area contributed by atoms with Crippen molar-refractivity contribution in [2.45, 2.75) is 33.7 Å². The predicted molar refractivity (Wildman–Crippen MR) is 88.6 cm³/mol. The molecule has 1 aromatic heterocycles. The zero-order valence-corrected chi connectivity index (χ0v) is 14.2. The predicted octanol–water partition coefficient (Wildman–Crippen LogP) is 3.68. The van der Waals surface area contributed by atoms with E-state index in [0.29, 0.717) is 11.3 Å². The first kappa shape index (κ1) is 15.6. The van der Waals surface area contributed by atoms with Gasteiger partial charge in [0.2, 0.25) is 0 Å². The van der Waals surface area contributed by atoms with Crippen LogP contribution in [-0.4, -0.2) is 15.7 Å². The van der Waals surface area contributed by atoms with Crippen molar-refractivity contribution >= 4 is 33.2 Å². The lowest BCUT2D eigenvalue weighted by Crippen LogP contribution is -2.14. The smallest absolute Gasteiger partial charge is 0.255 e. The van der Waals surface area contributed by atoms with Crippen molar-refractivity contribution in [1.29, 1.82) is 0 Å². The van der Waals surface area contributed by atoms with Crippen molar-refractivity contribution in [3.05, 3.63) is 39.6 Å². The van der Waals surface area contributed by atoms with Gasteiger partial charge in [0.15, 0.2) is 0 Å². The van der Waals surface area contributed by atoms with Gasteiger partial charge in [-0.1, -0.05) is 15.9 Å². The highest BCUT2D eigenvalue weighted by Gasteiger charge is 2.16. The zero-order chi connectivity index (χ0) is 15.7. The van der Waals surface area contributed by atoms with E-state index in [1.165, 1.54) is 0 Å². The second kappa shape index (κ2) is 5.89. The van der Waals surface area contributed by atoms with Gasteiger partial charge in [-0.25, -0.2) is 0 Å². The van der Waals surface area contributed by atoms with Crippen molar-refractivity contribution in [3.8, 4) is 0 Å². The number of nitrogens with one attached hydrogen (secondary N) is 1. The molecule has 0 radical (unpaired) electrons. The number of amides is 1. The summed E-state index contributed by atoms with van der Waals surface area (Å²) in [5.41, 5.74) is 9.33. The van der Waals surface area contributed by atoms with Gasteiger partial charge in [0.25, 0.3) is 5.91 Å². The van der Waals surface area contributed by atoms with Gasteiger partial charge in [-0.05, 0) is 45.9 Å². The van der Waals surface area contributed by atoms with Crippen LogP contribution in [0.15, 0.2) is 22.7 Å². The van der Waals surface area contributed by atoms with Crippen LogP contribution in [-0.2, 0) is 0 Å². The summed E-state index contributed by atoms with van der Waals surface area (Å²) in [5.74, 6) is -0.197. The van der Waals surface area contributed by atoms with Crippen molar-refractivity contribution < 1.29 is 4.79 Å². The fourth-order valence-electron chi connectivity index (χ4n) is 2.28. The topological polar surface area (TPSA) is 72.9 Å². The van der Waals surface area contributed by atoms with Crippen LogP contribution in [0.25, 0.3) is 0 Å². The number of hydrogen-bond donors (Lipinski definition) is 2. The summed E-state index contributed by atoms with van der Waals surface area (Å²) >= 11 is 3.34. The number of hydrogen-bond acceptors (Lipinski definition) is 3. The summed E-state index contributed by atoms with van der Waals surface area (Å²) in [4.78, 5) is 12.4. The van der Waals surface area contributed by atoms with Crippen LogP contribution < -0.4 is 11.1 Å². The maximum Gasteiger partial charge on any atom is 0.255 e. The van der Waals surface area contributed by atoms with Gasteiger partial charge in [-0.3, -0.25) is 9.48 Å². The monoisotopic (exact) mass is 350 g/mol. The quantitative estimate of drug-likeness (QED) is 0.829. The highest BCUT2D eigenvalue weighted by molar-refractivity contribution is 9.10. The summed E-state index contributed by atoms with van der Waals surface area (Å²) < 4.78 is 2.68. The Morgan fingerprint density at radius 2 is 2.00 bits per heavy atom. The molecule has 0 aliphatic carbocycles. The first-order valence-electron chi connectivity index (χ1n) is 6.72. The largest absolute Gasteiger partial charge is 0.399 e. The fourth-order valence-corrected chi connectivity index (χ4v) is 2.79. The van der Waals surface area contributed by atoms with Crippen LogP contribution in [0.5, 0.6) is 0 Å². The number of halogens is 1. The number of rotatable bonds is 3. The Bertz CT molecular complexity index is 671. The Labute approximate surface area is 132 Å². The van der Waals surface area contributed by atoms with Crippen LogP contribution >= 0.6 is 15.9 Å². The molecule has 0 bridgehead atoms. The third-order valence-electron chi connectivity index (χ3n) is 3.23. The van der Waals surface area contributed by atoms with Crippen LogP contribution in [0.4, 0.5) is 11.4 Å². The SMILES string of the molecule is Cc1nn(C(C)C)c(C)c1NC(=O)c1cc(N)cc(Br)c1. The van der Waals surface area contributed by atoms with E-state index in [1.807, 2.05) is 18.5 Å². The van der Waals surface area contributed by atoms with E-state index < -0.39 is 0 Å². The van der Waals surface area contributed by atoms with Gasteiger partial charge < -0.3 is 11.1 Å². The Kier molecular flexibility index (Phi) is 4.37. The first-order chi connectivity index (χ1) is 9.79. The van der Waals surface area contributed by atoms with Gasteiger partial charge in [-0.15, -0.1) is 0 Å². The summed E-state index contributed by atoms with van der Waals surface area (Å²) in [5, 5.41) is 7.39. The van der Waals surface area contributed by atoms with Crippen LogP contribution in [0.3, 0.4) is 0 Å². The highest BCUT2D eigenvalue weighted by Crippen LogP contribution is 2.24. The molecule has 5 nitrogen and oxygen atoms in total. The number of nitrogens with two attached hydrogens (primary N) is 1. The lowest BCUT2D eigenvalue weighted by atomic mass is 10.2. The summed E-state index contributed by atoms with van der Waals surface area (Å²) in [7, 11) is 0. The van der Waals surface area contributed by atoms with E-state index in [9.17, 15) is 4.79 Å². The highest BCUT2D eigenvalue weighted by atomic mass is 79.9. The van der Waals surface area contributed by atoms with E-state index in [0.717, 1.165) is 21.5 Å². The van der Waals surface area contributed by atoms with Gasteiger partial charge >= 0.3 is 0 Å². The molecular weight excluding hydrogens is 332 g/mol. The molecule has 1 heterocycles. The minimum absolute atomic E-state index is 0.197. The third-order valence-corrected chi connectivity index (χ3v) is 3.69. The van der Waals surface area contributed by atoms with Gasteiger partial charge in [0, 0.05) is 21.8 Å². The van der Waals surface area contributed by atoms with E-state index in [1.54, 1.807) is 18.2 Å². The Morgan fingerprint density at radius 1 is 1.33 bits per heavy atom. The van der Waals surface area contributed by atoms with Gasteiger partial charge in [0.1, 0.15) is 0 Å². The zero-order valence-electron chi connectivity index (χ0n) is 12.6. The lowest BCUT2D eigenvalue weighted by Gasteiger charge is -2.10. The number of aryl methyl sites for hydroxylation is 1. The van der Waals surface area contributed by atoms with Crippen molar-refractivity contribution in [3.63, 3.8) is 0 Å². The molecule has 6 heteroatoms. The number of nitrogen functional groups attached to an aromatic ring is 1. The molecule has 0 aliphatic heterocycles. The molecule has 3 N–H and O–H groups in total. The van der Waals surface area contributed by atoms with Crippen molar-refractivity contribution in [2.24, 2.45) is 0 Å². The molecule has 0 aliphatic rings. The number of aromatic nitrogens is 2. The fraction of sp³-hybridized carbons (Fsp3) is 0.333. The molecule has 0 unspecified atom stereocenters. The summed E-state index contributed by atoms with van der Waals surface area (Å²) in [6, 6.07) is 5.39. The van der Waals surface area contributed by atoms with E-state index in [2.05, 4.69) is 40.2 Å². The van der Waals surface area contributed by atoms with E-state index >= 15 is 0 Å². The van der Waals surface area contributed by atoms with Crippen LogP contribution in [0.2, 0.25) is 0 Å². The molecule has 1 amide bonds. The van der Waals surface area contributed by atoms with Crippen LogP contribution in [0, 0.1) is 13.8 Å². The lowest BCUT2D eigenvalue weighted by molar-refractivity contribution is 0.102. The second-order valence-corrected chi connectivity index (χ2v) is 6.23. The molecule has 21 heavy (non-hydrogen) atoms. The average Bonchev–Trinajstić information content (AvgIpc) is 2.65. The minimum Gasteiger partial charge on any atom is -0.399 e. The Hall–Kier alpha value is -1.82. The van der Waals surface area contributed by atoms with Gasteiger partial charge in [0.05, 0.1) is 17.1 Å². The molecule has 0 saturated carbocycles. The molecule has 2 rings (SSSR count). The number of carbonyl (C=O) groups excluding carboxylic acids is 1. The normalized spacial score (nSPS) is 11.0. The first-order valence-corrected chi connectivity index (χ1v) is 7.52. The Morgan fingerprint density at radius 3 is 2.52 bits per heavy atom.